The summed E-state index contributed by atoms with van der Waals surface area (Å²) < 4.78 is 30.2. The van der Waals surface area contributed by atoms with Crippen LogP contribution < -0.4 is 0 Å². The van der Waals surface area contributed by atoms with Crippen molar-refractivity contribution in [2.24, 2.45) is 0 Å². The lowest BCUT2D eigenvalue weighted by atomic mass is 10.1. The molecule has 8 heteroatoms. The van der Waals surface area contributed by atoms with Crippen molar-refractivity contribution in [2.45, 2.75) is 6.92 Å². The quantitative estimate of drug-likeness (QED) is 0.446. The number of hydrogen-bond acceptors (Lipinski definition) is 3. The third-order valence-corrected chi connectivity index (χ3v) is 4.59. The van der Waals surface area contributed by atoms with Crippen LogP contribution in [0.25, 0.3) is 28.0 Å². The number of fused-ring (bicyclic) bond motifs is 1. The van der Waals surface area contributed by atoms with Gasteiger partial charge in [0, 0.05) is 5.56 Å². The maximum Gasteiger partial charge on any atom is 0.240 e. The van der Waals surface area contributed by atoms with Gasteiger partial charge in [0.25, 0.3) is 0 Å². The number of rotatable bonds is 2. The molecule has 0 fully saturated rings. The van der Waals surface area contributed by atoms with Crippen LogP contribution in [-0.4, -0.2) is 24.7 Å². The highest BCUT2D eigenvalue weighted by molar-refractivity contribution is 6.31. The number of nitrogens with zero attached hydrogens (tertiary/aromatic N) is 2. The maximum atomic E-state index is 14.6. The molecule has 0 aliphatic carbocycles. The van der Waals surface area contributed by atoms with E-state index >= 15 is 0 Å². The molecule has 132 valence electrons. The molecule has 3 N–H and O–H groups in total. The fourth-order valence-electron chi connectivity index (χ4n) is 3.02. The molecule has 0 bridgehead atoms. The lowest BCUT2D eigenvalue weighted by Gasteiger charge is -2.13. The van der Waals surface area contributed by atoms with Gasteiger partial charge in [0.1, 0.15) is 5.82 Å². The van der Waals surface area contributed by atoms with Crippen molar-refractivity contribution in [2.75, 3.05) is 0 Å². The molecule has 0 aliphatic heterocycles. The Morgan fingerprint density at radius 3 is 2.69 bits per heavy atom. The van der Waals surface area contributed by atoms with Crippen molar-refractivity contribution in [3.8, 4) is 28.6 Å². The summed E-state index contributed by atoms with van der Waals surface area (Å²) >= 11 is 5.81. The number of hydrogen-bond donors (Lipinski definition) is 3. The zero-order valence-corrected chi connectivity index (χ0v) is 14.1. The molecule has 0 saturated carbocycles. The van der Waals surface area contributed by atoms with E-state index in [1.54, 1.807) is 18.2 Å². The average molecular weight is 376 g/mol. The van der Waals surface area contributed by atoms with E-state index in [9.17, 15) is 19.0 Å². The van der Waals surface area contributed by atoms with Crippen molar-refractivity contribution in [1.29, 1.82) is 0 Å². The molecule has 0 radical (unpaired) electrons. The highest BCUT2D eigenvalue weighted by atomic mass is 35.5. The third kappa shape index (κ3) is 2.24. The number of aromatic amines is 1. The second kappa shape index (κ2) is 5.74. The molecule has 5 nitrogen and oxygen atoms in total. The molecule has 4 rings (SSSR count). The maximum absolute atomic E-state index is 14.6. The summed E-state index contributed by atoms with van der Waals surface area (Å²) in [5.74, 6) is -2.84. The fourth-order valence-corrected chi connectivity index (χ4v) is 3.17. The first kappa shape index (κ1) is 16.4. The molecular formula is C18H12ClF2N3O2. The van der Waals surface area contributed by atoms with E-state index < -0.39 is 28.8 Å². The van der Waals surface area contributed by atoms with E-state index in [1.807, 2.05) is 0 Å². The summed E-state index contributed by atoms with van der Waals surface area (Å²) in [5, 5.41) is 20.3. The van der Waals surface area contributed by atoms with Crippen LogP contribution in [0.4, 0.5) is 8.78 Å². The Kier molecular flexibility index (Phi) is 3.62. The third-order valence-electron chi connectivity index (χ3n) is 4.30. The van der Waals surface area contributed by atoms with E-state index in [2.05, 4.69) is 9.97 Å². The summed E-state index contributed by atoms with van der Waals surface area (Å²) in [6.45, 7) is 1.45. The van der Waals surface area contributed by atoms with E-state index in [4.69, 9.17) is 11.6 Å². The Hall–Kier alpha value is -3.06. The highest BCUT2D eigenvalue weighted by Crippen LogP contribution is 2.44. The van der Waals surface area contributed by atoms with Gasteiger partial charge >= 0.3 is 0 Å². The van der Waals surface area contributed by atoms with Crippen LogP contribution in [-0.2, 0) is 0 Å². The first-order valence-electron chi connectivity index (χ1n) is 7.60. The predicted molar refractivity (Wildman–Crippen MR) is 93.8 cm³/mol. The van der Waals surface area contributed by atoms with Crippen LogP contribution in [0.1, 0.15) is 5.56 Å². The van der Waals surface area contributed by atoms with Gasteiger partial charge in [0.2, 0.25) is 5.88 Å². The molecule has 2 aromatic heterocycles. The van der Waals surface area contributed by atoms with Crippen LogP contribution >= 0.6 is 11.6 Å². The lowest BCUT2D eigenvalue weighted by Crippen LogP contribution is -2.01. The highest BCUT2D eigenvalue weighted by Gasteiger charge is 2.27. The zero-order chi connectivity index (χ0) is 18.6. The number of benzene rings is 2. The number of imidazole rings is 1. The Morgan fingerprint density at radius 1 is 1.15 bits per heavy atom. The summed E-state index contributed by atoms with van der Waals surface area (Å²) in [6, 6.07) is 7.08. The second-order valence-corrected chi connectivity index (χ2v) is 6.21. The predicted octanol–water partition coefficient (Wildman–Crippen LogP) is 4.67. The second-order valence-electron chi connectivity index (χ2n) is 5.80. The Labute approximate surface area is 151 Å². The molecule has 0 amide bonds. The van der Waals surface area contributed by atoms with Crippen LogP contribution in [0.3, 0.4) is 0 Å². The number of nitrogens with one attached hydrogen (secondary N) is 1. The smallest absolute Gasteiger partial charge is 0.240 e. The Balaban J connectivity index is 2.09. The SMILES string of the molecule is Cc1c(O)c(O)n(-c2ccc3nc[nH]c3c2)c1-c1c(F)ccc(Cl)c1F. The van der Waals surface area contributed by atoms with Crippen LogP contribution in [0.5, 0.6) is 11.6 Å². The van der Waals surface area contributed by atoms with Gasteiger partial charge in [0.05, 0.1) is 39.3 Å². The molecule has 0 saturated heterocycles. The lowest BCUT2D eigenvalue weighted by molar-refractivity contribution is 0.386. The summed E-state index contributed by atoms with van der Waals surface area (Å²) in [7, 11) is 0. The normalized spacial score (nSPS) is 11.4. The minimum Gasteiger partial charge on any atom is -0.503 e. The number of halogens is 3. The van der Waals surface area contributed by atoms with Crippen molar-refractivity contribution < 1.29 is 19.0 Å². The molecule has 0 unspecified atom stereocenters. The van der Waals surface area contributed by atoms with Crippen molar-refractivity contribution in [3.05, 3.63) is 58.9 Å². The molecule has 0 spiro atoms. The van der Waals surface area contributed by atoms with E-state index in [1.165, 1.54) is 17.8 Å². The van der Waals surface area contributed by atoms with Crippen molar-refractivity contribution in [1.82, 2.24) is 14.5 Å². The van der Waals surface area contributed by atoms with Crippen LogP contribution in [0, 0.1) is 18.6 Å². The first-order chi connectivity index (χ1) is 12.4. The topological polar surface area (TPSA) is 74.1 Å². The van der Waals surface area contributed by atoms with Gasteiger partial charge in [-0.3, -0.25) is 4.57 Å². The molecule has 0 atom stereocenters. The van der Waals surface area contributed by atoms with Gasteiger partial charge in [0.15, 0.2) is 11.6 Å². The van der Waals surface area contributed by atoms with E-state index in [-0.39, 0.29) is 16.3 Å². The minimum absolute atomic E-state index is 0.0311. The molecular weight excluding hydrogens is 364 g/mol. The van der Waals surface area contributed by atoms with Gasteiger partial charge in [-0.2, -0.15) is 0 Å². The standard InChI is InChI=1S/C18H12ClF2N3O2/c1-8-16(14-11(20)4-3-10(19)15(14)21)24(18(26)17(8)25)9-2-5-12-13(6-9)23-7-22-12/h2-7,25-26H,1H3,(H,22,23). The average Bonchev–Trinajstić information content (AvgIpc) is 3.17. The molecule has 2 aromatic carbocycles. The van der Waals surface area contributed by atoms with Gasteiger partial charge in [-0.1, -0.05) is 11.6 Å². The van der Waals surface area contributed by atoms with Crippen molar-refractivity contribution >= 4 is 22.6 Å². The summed E-state index contributed by atoms with van der Waals surface area (Å²) in [6.07, 6.45) is 1.50. The van der Waals surface area contributed by atoms with Crippen LogP contribution in [0.2, 0.25) is 5.02 Å². The van der Waals surface area contributed by atoms with Gasteiger partial charge in [-0.05, 0) is 37.3 Å². The fraction of sp³-hybridized carbons (Fsp3) is 0.0556. The van der Waals surface area contributed by atoms with Crippen LogP contribution in [0.15, 0.2) is 36.7 Å². The molecule has 0 aliphatic rings. The monoisotopic (exact) mass is 375 g/mol. The zero-order valence-electron chi connectivity index (χ0n) is 13.4. The molecule has 26 heavy (non-hydrogen) atoms. The van der Waals surface area contributed by atoms with Gasteiger partial charge in [-0.15, -0.1) is 0 Å². The number of aromatic nitrogens is 3. The summed E-state index contributed by atoms with van der Waals surface area (Å²) in [4.78, 5) is 7.03. The summed E-state index contributed by atoms with van der Waals surface area (Å²) in [5.41, 5.74) is 1.38. The number of aromatic hydroxyl groups is 2. The number of H-pyrrole nitrogens is 1. The molecule has 4 aromatic rings. The van der Waals surface area contributed by atoms with Gasteiger partial charge in [-0.25, -0.2) is 13.8 Å². The Morgan fingerprint density at radius 2 is 1.92 bits per heavy atom. The largest absolute Gasteiger partial charge is 0.503 e. The molecule has 2 heterocycles. The van der Waals surface area contributed by atoms with E-state index in [0.717, 1.165) is 12.1 Å². The van der Waals surface area contributed by atoms with E-state index in [0.29, 0.717) is 16.7 Å². The minimum atomic E-state index is -0.976. The van der Waals surface area contributed by atoms with Gasteiger partial charge < -0.3 is 15.2 Å². The van der Waals surface area contributed by atoms with Crippen molar-refractivity contribution in [3.63, 3.8) is 0 Å². The first-order valence-corrected chi connectivity index (χ1v) is 7.98. The Bertz CT molecular complexity index is 1170.